The first kappa shape index (κ1) is 11.5. The molecule has 0 aliphatic carbocycles. The second kappa shape index (κ2) is 6.03. The van der Waals surface area contributed by atoms with Crippen LogP contribution in [0.15, 0.2) is 24.3 Å². The van der Waals surface area contributed by atoms with Crippen LogP contribution in [0.25, 0.3) is 0 Å². The fourth-order valence-corrected chi connectivity index (χ4v) is 1.25. The third-order valence-corrected chi connectivity index (χ3v) is 2.24. The maximum Gasteiger partial charge on any atom is 0.205 e. The number of carbonyl (C=O) groups is 1. The molecule has 0 bridgehead atoms. The lowest BCUT2D eigenvalue weighted by Gasteiger charge is -1.94. The third kappa shape index (κ3) is 3.99. The fraction of sp³-hybridized carbons (Fsp3) is 0.357. The van der Waals surface area contributed by atoms with Gasteiger partial charge in [-0.1, -0.05) is 37.5 Å². The number of unbranched alkanes of at least 4 members (excludes halogenated alkanes) is 1. The van der Waals surface area contributed by atoms with Gasteiger partial charge in [-0.05, 0) is 30.9 Å². The van der Waals surface area contributed by atoms with Crippen molar-refractivity contribution >= 4 is 5.78 Å². The van der Waals surface area contributed by atoms with E-state index in [1.807, 2.05) is 31.2 Å². The zero-order chi connectivity index (χ0) is 11.1. The van der Waals surface area contributed by atoms with Crippen LogP contribution in [0, 0.1) is 18.8 Å². The van der Waals surface area contributed by atoms with Gasteiger partial charge in [-0.2, -0.15) is 0 Å². The Morgan fingerprint density at radius 2 is 2.07 bits per heavy atom. The van der Waals surface area contributed by atoms with Gasteiger partial charge in [0, 0.05) is 12.0 Å². The molecular weight excluding hydrogens is 184 g/mol. The number of carbonyl (C=O) groups excluding carboxylic acids is 1. The van der Waals surface area contributed by atoms with Gasteiger partial charge in [0.2, 0.25) is 5.78 Å². The van der Waals surface area contributed by atoms with E-state index in [9.17, 15) is 4.79 Å². The molecule has 0 amide bonds. The normalized spacial score (nSPS) is 9.20. The van der Waals surface area contributed by atoms with E-state index in [2.05, 4.69) is 18.8 Å². The van der Waals surface area contributed by atoms with Crippen molar-refractivity contribution < 1.29 is 4.79 Å². The number of rotatable bonds is 3. The van der Waals surface area contributed by atoms with Crippen molar-refractivity contribution in [1.29, 1.82) is 0 Å². The predicted molar refractivity (Wildman–Crippen MR) is 62.6 cm³/mol. The number of ketones is 1. The van der Waals surface area contributed by atoms with Gasteiger partial charge in [0.15, 0.2) is 0 Å². The molecule has 0 N–H and O–H groups in total. The summed E-state index contributed by atoms with van der Waals surface area (Å²) in [6, 6.07) is 7.85. The molecule has 0 radical (unpaired) electrons. The minimum Gasteiger partial charge on any atom is -0.285 e. The van der Waals surface area contributed by atoms with Gasteiger partial charge in [-0.25, -0.2) is 0 Å². The number of hydrogen-bond donors (Lipinski definition) is 0. The van der Waals surface area contributed by atoms with Crippen molar-refractivity contribution in [2.45, 2.75) is 33.1 Å². The standard InChI is InChI=1S/C14H16O/c1-3-4-9-14(15)11-10-13-8-6-5-7-12(13)2/h5-8H,3-4,9H2,1-2H3. The molecule has 1 rings (SSSR count). The molecule has 1 heteroatoms. The topological polar surface area (TPSA) is 17.1 Å². The number of Topliss-reactive ketones (excluding diaryl/α,β-unsaturated/α-hetero) is 1. The lowest BCUT2D eigenvalue weighted by Crippen LogP contribution is -1.92. The maximum atomic E-state index is 11.3. The Balaban J connectivity index is 2.65. The summed E-state index contributed by atoms with van der Waals surface area (Å²) in [7, 11) is 0. The zero-order valence-corrected chi connectivity index (χ0v) is 9.34. The molecule has 0 aromatic heterocycles. The van der Waals surface area contributed by atoms with E-state index < -0.39 is 0 Å². The van der Waals surface area contributed by atoms with Crippen LogP contribution in [0.1, 0.15) is 37.3 Å². The Kier molecular flexibility index (Phi) is 4.63. The van der Waals surface area contributed by atoms with Crippen molar-refractivity contribution in [3.05, 3.63) is 35.4 Å². The van der Waals surface area contributed by atoms with Gasteiger partial charge >= 0.3 is 0 Å². The van der Waals surface area contributed by atoms with Crippen LogP contribution >= 0.6 is 0 Å². The summed E-state index contributed by atoms with van der Waals surface area (Å²) >= 11 is 0. The first-order valence-corrected chi connectivity index (χ1v) is 5.34. The summed E-state index contributed by atoms with van der Waals surface area (Å²) in [5.41, 5.74) is 2.07. The number of hydrogen-bond acceptors (Lipinski definition) is 1. The van der Waals surface area contributed by atoms with Gasteiger partial charge in [0.1, 0.15) is 0 Å². The Morgan fingerprint density at radius 3 is 2.73 bits per heavy atom. The highest BCUT2D eigenvalue weighted by Crippen LogP contribution is 2.04. The predicted octanol–water partition coefficient (Wildman–Crippen LogP) is 3.11. The van der Waals surface area contributed by atoms with E-state index in [4.69, 9.17) is 0 Å². The van der Waals surface area contributed by atoms with E-state index in [0.717, 1.165) is 24.0 Å². The third-order valence-electron chi connectivity index (χ3n) is 2.24. The van der Waals surface area contributed by atoms with Crippen LogP contribution in [-0.2, 0) is 4.79 Å². The van der Waals surface area contributed by atoms with Crippen LogP contribution in [0.4, 0.5) is 0 Å². The molecule has 15 heavy (non-hydrogen) atoms. The Bertz CT molecular complexity index is 393. The molecule has 0 saturated carbocycles. The van der Waals surface area contributed by atoms with Crippen molar-refractivity contribution in [3.63, 3.8) is 0 Å². The molecule has 0 aliphatic heterocycles. The van der Waals surface area contributed by atoms with Crippen LogP contribution in [0.3, 0.4) is 0 Å². The van der Waals surface area contributed by atoms with Crippen molar-refractivity contribution in [3.8, 4) is 11.8 Å². The molecule has 0 atom stereocenters. The zero-order valence-electron chi connectivity index (χ0n) is 9.34. The Morgan fingerprint density at radius 1 is 1.33 bits per heavy atom. The first-order chi connectivity index (χ1) is 7.24. The molecule has 78 valence electrons. The Hall–Kier alpha value is -1.55. The van der Waals surface area contributed by atoms with Crippen molar-refractivity contribution in [2.24, 2.45) is 0 Å². The first-order valence-electron chi connectivity index (χ1n) is 5.34. The highest BCUT2D eigenvalue weighted by Gasteiger charge is 1.95. The smallest absolute Gasteiger partial charge is 0.205 e. The summed E-state index contributed by atoms with van der Waals surface area (Å²) < 4.78 is 0. The van der Waals surface area contributed by atoms with Gasteiger partial charge in [0.25, 0.3) is 0 Å². The molecule has 0 spiro atoms. The van der Waals surface area contributed by atoms with E-state index in [-0.39, 0.29) is 5.78 Å². The van der Waals surface area contributed by atoms with Crippen molar-refractivity contribution in [2.75, 3.05) is 0 Å². The minimum absolute atomic E-state index is 0.0418. The summed E-state index contributed by atoms with van der Waals surface area (Å²) in [6.45, 7) is 4.07. The maximum absolute atomic E-state index is 11.3. The lowest BCUT2D eigenvalue weighted by molar-refractivity contribution is -0.113. The van der Waals surface area contributed by atoms with Gasteiger partial charge in [-0.15, -0.1) is 0 Å². The SMILES string of the molecule is CCCCC(=O)C#Cc1ccccc1C. The summed E-state index contributed by atoms with van der Waals surface area (Å²) in [6.07, 6.45) is 2.55. The quantitative estimate of drug-likeness (QED) is 0.685. The highest BCUT2D eigenvalue weighted by molar-refractivity contribution is 5.95. The van der Waals surface area contributed by atoms with E-state index in [1.165, 1.54) is 0 Å². The Labute approximate surface area is 91.5 Å². The van der Waals surface area contributed by atoms with Crippen LogP contribution in [0.2, 0.25) is 0 Å². The van der Waals surface area contributed by atoms with Crippen molar-refractivity contribution in [1.82, 2.24) is 0 Å². The summed E-state index contributed by atoms with van der Waals surface area (Å²) in [4.78, 5) is 11.3. The second-order valence-electron chi connectivity index (χ2n) is 3.59. The summed E-state index contributed by atoms with van der Waals surface area (Å²) in [5.74, 6) is 5.65. The molecule has 1 aromatic carbocycles. The number of aryl methyl sites for hydroxylation is 1. The molecule has 0 saturated heterocycles. The fourth-order valence-electron chi connectivity index (χ4n) is 1.25. The van der Waals surface area contributed by atoms with E-state index >= 15 is 0 Å². The largest absolute Gasteiger partial charge is 0.285 e. The molecule has 0 aliphatic rings. The highest BCUT2D eigenvalue weighted by atomic mass is 16.1. The monoisotopic (exact) mass is 200 g/mol. The van der Waals surface area contributed by atoms with E-state index in [0.29, 0.717) is 6.42 Å². The van der Waals surface area contributed by atoms with Crippen LogP contribution in [0.5, 0.6) is 0 Å². The molecule has 1 nitrogen and oxygen atoms in total. The molecular formula is C14H16O. The minimum atomic E-state index is 0.0418. The number of benzene rings is 1. The average Bonchev–Trinajstić information content (AvgIpc) is 2.25. The van der Waals surface area contributed by atoms with Gasteiger partial charge in [-0.3, -0.25) is 4.79 Å². The van der Waals surface area contributed by atoms with Gasteiger partial charge < -0.3 is 0 Å². The summed E-state index contributed by atoms with van der Waals surface area (Å²) in [5, 5.41) is 0. The second-order valence-corrected chi connectivity index (χ2v) is 3.59. The van der Waals surface area contributed by atoms with E-state index in [1.54, 1.807) is 0 Å². The molecule has 0 unspecified atom stereocenters. The van der Waals surface area contributed by atoms with Gasteiger partial charge in [0.05, 0.1) is 0 Å². The average molecular weight is 200 g/mol. The molecule has 0 heterocycles. The lowest BCUT2D eigenvalue weighted by atomic mass is 10.1. The van der Waals surface area contributed by atoms with Crippen LogP contribution < -0.4 is 0 Å². The molecule has 1 aromatic rings. The van der Waals surface area contributed by atoms with Crippen LogP contribution in [-0.4, -0.2) is 5.78 Å². The molecule has 0 fully saturated rings.